The van der Waals surface area contributed by atoms with Crippen molar-refractivity contribution in [1.29, 1.82) is 0 Å². The number of nitrogens with two attached hydrogens (primary N) is 1. The molecule has 6 heteroatoms. The molecule has 1 aliphatic rings. The fourth-order valence-corrected chi connectivity index (χ4v) is 2.36. The Morgan fingerprint density at radius 2 is 2.47 bits per heavy atom. The third kappa shape index (κ3) is 3.69. The Morgan fingerprint density at radius 3 is 3.18 bits per heavy atom. The van der Waals surface area contributed by atoms with Gasteiger partial charge in [-0.2, -0.15) is 16.7 Å². The Labute approximate surface area is 105 Å². The van der Waals surface area contributed by atoms with Crippen LogP contribution in [0, 0.1) is 5.92 Å². The van der Waals surface area contributed by atoms with Crippen LogP contribution in [0.5, 0.6) is 0 Å². The highest BCUT2D eigenvalue weighted by atomic mass is 32.2. The number of hydrogen-bond donors (Lipinski definition) is 1. The molecule has 2 N–H and O–H groups in total. The topological polar surface area (TPSA) is 74.2 Å². The second kappa shape index (κ2) is 6.37. The van der Waals surface area contributed by atoms with E-state index in [1.807, 2.05) is 0 Å². The maximum absolute atomic E-state index is 5.97. The van der Waals surface area contributed by atoms with Gasteiger partial charge in [0.25, 0.3) is 0 Å². The van der Waals surface area contributed by atoms with E-state index in [1.54, 1.807) is 11.8 Å². The van der Waals surface area contributed by atoms with Crippen molar-refractivity contribution in [2.24, 2.45) is 11.7 Å². The first-order chi connectivity index (χ1) is 8.29. The zero-order chi connectivity index (χ0) is 12.1. The molecular weight excluding hydrogens is 238 g/mol. The van der Waals surface area contributed by atoms with E-state index in [0.717, 1.165) is 44.1 Å². The summed E-state index contributed by atoms with van der Waals surface area (Å²) in [6.45, 7) is 1.66. The zero-order valence-corrected chi connectivity index (χ0v) is 10.9. The van der Waals surface area contributed by atoms with E-state index in [2.05, 4.69) is 16.4 Å². The van der Waals surface area contributed by atoms with Crippen molar-refractivity contribution < 1.29 is 9.26 Å². The molecule has 2 heterocycles. The normalized spacial score (nSPS) is 21.9. The molecule has 0 aromatic carbocycles. The number of hydrogen-bond acceptors (Lipinski definition) is 6. The molecule has 0 spiro atoms. The van der Waals surface area contributed by atoms with Crippen LogP contribution in [0.1, 0.15) is 30.6 Å². The molecule has 1 aromatic heterocycles. The summed E-state index contributed by atoms with van der Waals surface area (Å²) >= 11 is 1.77. The molecule has 1 saturated heterocycles. The average Bonchev–Trinajstić information content (AvgIpc) is 2.98. The first-order valence-corrected chi connectivity index (χ1v) is 7.33. The van der Waals surface area contributed by atoms with Crippen molar-refractivity contribution in [1.82, 2.24) is 10.1 Å². The highest BCUT2D eigenvalue weighted by Gasteiger charge is 2.20. The highest BCUT2D eigenvalue weighted by molar-refractivity contribution is 7.98. The van der Waals surface area contributed by atoms with E-state index in [-0.39, 0.29) is 6.04 Å². The number of thioether (sulfide) groups is 1. The minimum atomic E-state index is -0.136. The second-order valence-corrected chi connectivity index (χ2v) is 5.36. The maximum Gasteiger partial charge on any atom is 0.243 e. The molecule has 2 unspecified atom stereocenters. The zero-order valence-electron chi connectivity index (χ0n) is 10.1. The van der Waals surface area contributed by atoms with E-state index < -0.39 is 0 Å². The molecule has 17 heavy (non-hydrogen) atoms. The average molecular weight is 257 g/mol. The summed E-state index contributed by atoms with van der Waals surface area (Å²) < 4.78 is 10.5. The molecule has 5 nitrogen and oxygen atoms in total. The summed E-state index contributed by atoms with van der Waals surface area (Å²) in [6, 6.07) is -0.136. The van der Waals surface area contributed by atoms with Crippen molar-refractivity contribution in [3.63, 3.8) is 0 Å². The highest BCUT2D eigenvalue weighted by Crippen LogP contribution is 2.19. The van der Waals surface area contributed by atoms with Crippen molar-refractivity contribution in [2.45, 2.75) is 25.3 Å². The second-order valence-electron chi connectivity index (χ2n) is 4.37. The monoisotopic (exact) mass is 257 g/mol. The van der Waals surface area contributed by atoms with Gasteiger partial charge < -0.3 is 15.0 Å². The first-order valence-electron chi connectivity index (χ1n) is 5.94. The third-order valence-corrected chi connectivity index (χ3v) is 3.57. The van der Waals surface area contributed by atoms with Crippen LogP contribution in [0.25, 0.3) is 0 Å². The first kappa shape index (κ1) is 12.9. The minimum Gasteiger partial charge on any atom is -0.381 e. The molecule has 1 aliphatic heterocycles. The van der Waals surface area contributed by atoms with Crippen LogP contribution in [0.3, 0.4) is 0 Å². The van der Waals surface area contributed by atoms with Crippen LogP contribution in [0.15, 0.2) is 4.52 Å². The Hall–Kier alpha value is -0.590. The lowest BCUT2D eigenvalue weighted by molar-refractivity contribution is 0.185. The summed E-state index contributed by atoms with van der Waals surface area (Å²) in [5.74, 6) is 2.86. The number of rotatable bonds is 6. The Kier molecular flexibility index (Phi) is 4.82. The van der Waals surface area contributed by atoms with Crippen LogP contribution in [-0.4, -0.2) is 35.4 Å². The fraction of sp³-hybridized carbons (Fsp3) is 0.818. The van der Waals surface area contributed by atoms with Crippen molar-refractivity contribution in [2.75, 3.05) is 25.2 Å². The smallest absolute Gasteiger partial charge is 0.243 e. The van der Waals surface area contributed by atoms with Crippen molar-refractivity contribution in [3.05, 3.63) is 11.7 Å². The lowest BCUT2D eigenvalue weighted by Gasteiger charge is -2.04. The molecule has 0 aliphatic carbocycles. The summed E-state index contributed by atoms with van der Waals surface area (Å²) in [7, 11) is 0. The molecule has 0 bridgehead atoms. The van der Waals surface area contributed by atoms with Gasteiger partial charge in [-0.3, -0.25) is 0 Å². The standard InChI is InChI=1S/C11H19N3O2S/c1-17-5-3-9(12)11-13-10(14-16-11)6-8-2-4-15-7-8/h8-9H,2-7,12H2,1H3. The lowest BCUT2D eigenvalue weighted by Crippen LogP contribution is -2.12. The number of nitrogens with zero attached hydrogens (tertiary/aromatic N) is 2. The predicted octanol–water partition coefficient (Wildman–Crippen LogP) is 1.40. The predicted molar refractivity (Wildman–Crippen MR) is 66.9 cm³/mol. The Balaban J connectivity index is 1.86. The minimum absolute atomic E-state index is 0.136. The molecule has 96 valence electrons. The van der Waals surface area contributed by atoms with Crippen LogP contribution >= 0.6 is 11.8 Å². The van der Waals surface area contributed by atoms with Gasteiger partial charge in [0.15, 0.2) is 5.82 Å². The summed E-state index contributed by atoms with van der Waals surface area (Å²) in [5.41, 5.74) is 5.97. The van der Waals surface area contributed by atoms with Gasteiger partial charge in [0.2, 0.25) is 5.89 Å². The van der Waals surface area contributed by atoms with Gasteiger partial charge >= 0.3 is 0 Å². The quantitative estimate of drug-likeness (QED) is 0.830. The van der Waals surface area contributed by atoms with Gasteiger partial charge in [-0.25, -0.2) is 0 Å². The van der Waals surface area contributed by atoms with Gasteiger partial charge in [-0.1, -0.05) is 5.16 Å². The number of aromatic nitrogens is 2. The van der Waals surface area contributed by atoms with E-state index in [9.17, 15) is 0 Å². The Bertz CT molecular complexity index is 339. The van der Waals surface area contributed by atoms with Crippen molar-refractivity contribution in [3.8, 4) is 0 Å². The SMILES string of the molecule is CSCCC(N)c1nc(CC2CCOC2)no1. The van der Waals surface area contributed by atoms with Crippen LogP contribution in [0.2, 0.25) is 0 Å². The molecule has 2 rings (SSSR count). The Morgan fingerprint density at radius 1 is 1.59 bits per heavy atom. The van der Waals surface area contributed by atoms with Crippen LogP contribution < -0.4 is 5.73 Å². The molecule has 0 radical (unpaired) electrons. The van der Waals surface area contributed by atoms with Gasteiger partial charge in [-0.15, -0.1) is 0 Å². The van der Waals surface area contributed by atoms with Crippen LogP contribution in [-0.2, 0) is 11.2 Å². The third-order valence-electron chi connectivity index (χ3n) is 2.93. The largest absolute Gasteiger partial charge is 0.381 e. The van der Waals surface area contributed by atoms with E-state index in [0.29, 0.717) is 11.8 Å². The van der Waals surface area contributed by atoms with Gasteiger partial charge in [0.1, 0.15) is 0 Å². The fourth-order valence-electron chi connectivity index (χ4n) is 1.87. The number of ether oxygens (including phenoxy) is 1. The summed E-state index contributed by atoms with van der Waals surface area (Å²) in [6.07, 6.45) is 4.85. The lowest BCUT2D eigenvalue weighted by atomic mass is 10.1. The molecule has 2 atom stereocenters. The van der Waals surface area contributed by atoms with E-state index in [1.165, 1.54) is 0 Å². The maximum atomic E-state index is 5.97. The molecule has 0 saturated carbocycles. The van der Waals surface area contributed by atoms with Gasteiger partial charge in [-0.05, 0) is 30.8 Å². The molecule has 0 amide bonds. The molecule has 1 fully saturated rings. The van der Waals surface area contributed by atoms with Crippen molar-refractivity contribution >= 4 is 11.8 Å². The van der Waals surface area contributed by atoms with E-state index >= 15 is 0 Å². The van der Waals surface area contributed by atoms with Gasteiger partial charge in [0.05, 0.1) is 6.04 Å². The summed E-state index contributed by atoms with van der Waals surface area (Å²) in [4.78, 5) is 4.36. The molecular formula is C11H19N3O2S. The summed E-state index contributed by atoms with van der Waals surface area (Å²) in [5, 5.41) is 3.98. The molecule has 1 aromatic rings. The van der Waals surface area contributed by atoms with Gasteiger partial charge in [0, 0.05) is 19.6 Å². The van der Waals surface area contributed by atoms with E-state index in [4.69, 9.17) is 15.0 Å². The van der Waals surface area contributed by atoms with Crippen LogP contribution in [0.4, 0.5) is 0 Å².